The third-order valence-electron chi connectivity index (χ3n) is 5.29. The molecule has 2 fully saturated rings. The minimum absolute atomic E-state index is 0.0865. The predicted molar refractivity (Wildman–Crippen MR) is 105 cm³/mol. The first kappa shape index (κ1) is 25.7. The van der Waals surface area contributed by atoms with Gasteiger partial charge in [0.05, 0.1) is 37.1 Å². The minimum Gasteiger partial charge on any atom is -0.746 e. The van der Waals surface area contributed by atoms with Crippen LogP contribution in [-0.4, -0.2) is 60.0 Å². The molecule has 10 nitrogen and oxygen atoms in total. The number of hydrogen-bond acceptors (Lipinski definition) is 10. The van der Waals surface area contributed by atoms with Crippen LogP contribution in [0.25, 0.3) is 0 Å². The minimum atomic E-state index is -5.09. The Morgan fingerprint density at radius 1 is 1.27 bits per heavy atom. The van der Waals surface area contributed by atoms with Crippen molar-refractivity contribution in [2.24, 2.45) is 17.6 Å². The molecule has 2 aliphatic rings. The van der Waals surface area contributed by atoms with Crippen molar-refractivity contribution in [3.05, 3.63) is 0 Å². The second kappa shape index (κ2) is 9.92. The molecule has 0 amide bonds. The summed E-state index contributed by atoms with van der Waals surface area (Å²) in [5, 5.41) is 10.4. The molecule has 0 radical (unpaired) electrons. The smallest absolute Gasteiger partial charge is 0.322 e. The third-order valence-corrected chi connectivity index (χ3v) is 6.20. The number of phosphoric ester groups is 1. The van der Waals surface area contributed by atoms with Gasteiger partial charge in [-0.1, -0.05) is 6.92 Å². The van der Waals surface area contributed by atoms with Gasteiger partial charge in [-0.3, -0.25) is 15.1 Å². The number of hydrogen-bond donors (Lipinski definition) is 2. The molecule has 176 valence electrons. The zero-order chi connectivity index (χ0) is 22.9. The van der Waals surface area contributed by atoms with Gasteiger partial charge in [0.2, 0.25) is 0 Å². The number of carbonyl (C=O) groups is 1. The molecule has 30 heavy (non-hydrogen) atoms. The molecule has 0 aromatic rings. The normalized spacial score (nSPS) is 38.9. The fourth-order valence-electron chi connectivity index (χ4n) is 3.91. The van der Waals surface area contributed by atoms with Crippen molar-refractivity contribution in [1.82, 2.24) is 0 Å². The Kier molecular flexibility index (Phi) is 8.49. The third kappa shape index (κ3) is 6.46. The fourth-order valence-corrected chi connectivity index (χ4v) is 4.87. The Bertz CT molecular complexity index is 643. The lowest BCUT2D eigenvalue weighted by atomic mass is 10.0. The van der Waals surface area contributed by atoms with Crippen molar-refractivity contribution in [2.75, 3.05) is 6.61 Å². The van der Waals surface area contributed by atoms with E-state index in [0.717, 1.165) is 0 Å². The number of phosphoric acid groups is 1. The molecule has 8 unspecified atom stereocenters. The van der Waals surface area contributed by atoms with Crippen LogP contribution in [0.3, 0.4) is 0 Å². The summed E-state index contributed by atoms with van der Waals surface area (Å²) in [6.07, 6.45) is -2.93. The van der Waals surface area contributed by atoms with Gasteiger partial charge in [0, 0.05) is 6.42 Å². The average Bonchev–Trinajstić information content (AvgIpc) is 3.00. The summed E-state index contributed by atoms with van der Waals surface area (Å²) in [4.78, 5) is 25.1. The molecule has 0 bridgehead atoms. The van der Waals surface area contributed by atoms with E-state index in [1.54, 1.807) is 41.5 Å². The molecule has 0 spiro atoms. The number of aliphatic hydroxyl groups excluding tert-OH is 1. The van der Waals surface area contributed by atoms with Gasteiger partial charge in [0.15, 0.2) is 5.72 Å². The van der Waals surface area contributed by atoms with E-state index in [4.69, 9.17) is 29.0 Å². The largest absolute Gasteiger partial charge is 0.746 e. The van der Waals surface area contributed by atoms with Crippen molar-refractivity contribution >= 4 is 13.8 Å². The zero-order valence-corrected chi connectivity index (χ0v) is 19.4. The Morgan fingerprint density at radius 2 is 1.90 bits per heavy atom. The van der Waals surface area contributed by atoms with Crippen LogP contribution < -0.4 is 10.6 Å². The van der Waals surface area contributed by atoms with E-state index in [9.17, 15) is 19.4 Å². The van der Waals surface area contributed by atoms with Crippen LogP contribution in [0.4, 0.5) is 0 Å². The van der Waals surface area contributed by atoms with Crippen LogP contribution in [0.15, 0.2) is 0 Å². The van der Waals surface area contributed by atoms with Crippen LogP contribution >= 0.6 is 7.82 Å². The second-order valence-corrected chi connectivity index (χ2v) is 10.2. The number of rotatable bonds is 9. The molecule has 2 rings (SSSR count). The van der Waals surface area contributed by atoms with Crippen LogP contribution in [0.5, 0.6) is 0 Å². The van der Waals surface area contributed by atoms with E-state index >= 15 is 0 Å². The molecule has 1 saturated carbocycles. The van der Waals surface area contributed by atoms with Crippen LogP contribution in [-0.2, 0) is 32.6 Å². The van der Waals surface area contributed by atoms with Crippen molar-refractivity contribution in [2.45, 2.75) is 96.7 Å². The highest BCUT2D eigenvalue weighted by atomic mass is 31.2. The fraction of sp³-hybridized carbons (Fsp3) is 0.947. The van der Waals surface area contributed by atoms with Crippen LogP contribution in [0.2, 0.25) is 0 Å². The molecular weight excluding hydrogens is 417 g/mol. The molecule has 1 saturated heterocycles. The Hall–Kier alpha value is -0.580. The molecule has 1 aliphatic heterocycles. The number of aliphatic hydroxyl groups is 1. The van der Waals surface area contributed by atoms with Crippen molar-refractivity contribution in [3.63, 3.8) is 0 Å². The van der Waals surface area contributed by atoms with Gasteiger partial charge in [-0.05, 0) is 47.0 Å². The summed E-state index contributed by atoms with van der Waals surface area (Å²) < 4.78 is 39.1. The highest BCUT2D eigenvalue weighted by molar-refractivity contribution is 7.46. The van der Waals surface area contributed by atoms with E-state index < -0.39 is 43.7 Å². The maximum absolute atomic E-state index is 12.6. The summed E-state index contributed by atoms with van der Waals surface area (Å²) in [6.45, 7) is 10.6. The summed E-state index contributed by atoms with van der Waals surface area (Å²) in [5.41, 5.74) is 4.69. The van der Waals surface area contributed by atoms with E-state index in [2.05, 4.69) is 0 Å². The summed E-state index contributed by atoms with van der Waals surface area (Å²) >= 11 is 0. The number of carbonyl (C=O) groups excluding carboxylic acids is 1. The molecular formula is C19H35NO9P-. The summed E-state index contributed by atoms with van der Waals surface area (Å²) in [5.74, 6) is -2.48. The summed E-state index contributed by atoms with van der Waals surface area (Å²) in [6, 6.07) is 0. The van der Waals surface area contributed by atoms with Gasteiger partial charge in [-0.2, -0.15) is 0 Å². The lowest BCUT2D eigenvalue weighted by Crippen LogP contribution is -2.54. The highest BCUT2D eigenvalue weighted by Crippen LogP contribution is 2.47. The number of nitrogens with two attached hydrogens (primary N) is 1. The van der Waals surface area contributed by atoms with Crippen molar-refractivity contribution < 1.29 is 42.6 Å². The first-order chi connectivity index (χ1) is 13.7. The van der Waals surface area contributed by atoms with Gasteiger partial charge in [-0.15, -0.1) is 0 Å². The van der Waals surface area contributed by atoms with Gasteiger partial charge in [0.25, 0.3) is 0 Å². The van der Waals surface area contributed by atoms with Gasteiger partial charge in [-0.25, -0.2) is 0 Å². The molecule has 8 atom stereocenters. The predicted octanol–water partition coefficient (Wildman–Crippen LogP) is 1.08. The van der Waals surface area contributed by atoms with Gasteiger partial charge in [0.1, 0.15) is 12.0 Å². The molecule has 1 aliphatic carbocycles. The van der Waals surface area contributed by atoms with Crippen molar-refractivity contribution in [1.29, 1.82) is 0 Å². The molecule has 3 N–H and O–H groups in total. The topological polar surface area (TPSA) is 150 Å². The van der Waals surface area contributed by atoms with E-state index in [1.165, 1.54) is 0 Å². The van der Waals surface area contributed by atoms with E-state index in [1.807, 2.05) is 0 Å². The lowest BCUT2D eigenvalue weighted by Gasteiger charge is -2.34. The monoisotopic (exact) mass is 452 g/mol. The first-order valence-electron chi connectivity index (χ1n) is 10.4. The molecule has 0 aromatic heterocycles. The average molecular weight is 452 g/mol. The molecule has 1 heterocycles. The standard InChI is InChI=1S/C19H36NO9P/c1-10(2)25-9-19(20)15(8-13(6)27-19)28-30(23,24)29-18(22)16-14(26-11(3)4)7-12(5)17(16)21/h10-17,21H,7-9,20H2,1-6H3,(H,23,24)/p-1. The molecule has 11 heteroatoms. The van der Waals surface area contributed by atoms with Crippen LogP contribution in [0.1, 0.15) is 54.4 Å². The number of ether oxygens (including phenoxy) is 3. The van der Waals surface area contributed by atoms with E-state index in [-0.39, 0.29) is 37.3 Å². The maximum atomic E-state index is 12.6. The van der Waals surface area contributed by atoms with Gasteiger partial charge >= 0.3 is 13.8 Å². The lowest BCUT2D eigenvalue weighted by molar-refractivity contribution is -0.236. The molecule has 0 aromatic carbocycles. The SMILES string of the molecule is CC(C)OCC1(N)OC(C)CC1OP(=O)([O-])OC(=O)C1C(OC(C)C)CC(C)C1O. The second-order valence-electron chi connectivity index (χ2n) is 8.88. The first-order valence-corrected chi connectivity index (χ1v) is 11.8. The zero-order valence-electron chi connectivity index (χ0n) is 18.5. The highest BCUT2D eigenvalue weighted by Gasteiger charge is 2.50. The van der Waals surface area contributed by atoms with Crippen molar-refractivity contribution in [3.8, 4) is 0 Å². The Morgan fingerprint density at radius 3 is 2.47 bits per heavy atom. The van der Waals surface area contributed by atoms with E-state index in [0.29, 0.717) is 6.42 Å². The Balaban J connectivity index is 2.07. The maximum Gasteiger partial charge on any atom is 0.322 e. The summed E-state index contributed by atoms with van der Waals surface area (Å²) in [7, 11) is -5.09. The quantitative estimate of drug-likeness (QED) is 0.487. The van der Waals surface area contributed by atoms with Crippen LogP contribution in [0, 0.1) is 11.8 Å². The van der Waals surface area contributed by atoms with Gasteiger partial charge < -0.3 is 33.3 Å². The Labute approximate surface area is 178 Å².